The molecule has 0 spiro atoms. The maximum Gasteiger partial charge on any atom is 0.261 e. The van der Waals surface area contributed by atoms with Crippen LogP contribution in [0.5, 0.6) is 5.75 Å². The average Bonchev–Trinajstić information content (AvgIpc) is 2.69. The maximum absolute atomic E-state index is 12.2. The number of rotatable bonds is 2. The normalized spacial score (nSPS) is 13.8. The smallest absolute Gasteiger partial charge is 0.261 e. The summed E-state index contributed by atoms with van der Waals surface area (Å²) in [6.45, 7) is 0.131. The monoisotopic (exact) mass is 287 g/mol. The van der Waals surface area contributed by atoms with Crippen LogP contribution < -0.4 is 0 Å². The Bertz CT molecular complexity index is 692. The van der Waals surface area contributed by atoms with Crippen LogP contribution in [0.15, 0.2) is 42.5 Å². The summed E-state index contributed by atoms with van der Waals surface area (Å²) >= 11 is 5.82. The van der Waals surface area contributed by atoms with E-state index >= 15 is 0 Å². The van der Waals surface area contributed by atoms with Gasteiger partial charge in [0.1, 0.15) is 5.75 Å². The minimum Gasteiger partial charge on any atom is -0.506 e. The number of nitrogens with zero attached hydrogens (tertiary/aromatic N) is 1. The highest BCUT2D eigenvalue weighted by molar-refractivity contribution is 6.32. The zero-order valence-electron chi connectivity index (χ0n) is 10.3. The Morgan fingerprint density at radius 1 is 1.00 bits per heavy atom. The number of aromatic hydroxyl groups is 1. The molecule has 0 aliphatic carbocycles. The van der Waals surface area contributed by atoms with Gasteiger partial charge < -0.3 is 5.11 Å². The fraction of sp³-hybridized carbons (Fsp3) is 0.0667. The molecule has 2 amide bonds. The summed E-state index contributed by atoms with van der Waals surface area (Å²) in [7, 11) is 0. The predicted octanol–water partition coefficient (Wildman–Crippen LogP) is 2.84. The summed E-state index contributed by atoms with van der Waals surface area (Å²) in [6, 6.07) is 11.3. The fourth-order valence-corrected chi connectivity index (χ4v) is 2.42. The first-order valence-corrected chi connectivity index (χ1v) is 6.38. The Morgan fingerprint density at radius 3 is 2.15 bits per heavy atom. The van der Waals surface area contributed by atoms with Crippen molar-refractivity contribution in [1.29, 1.82) is 0 Å². The van der Waals surface area contributed by atoms with Crippen molar-refractivity contribution in [2.24, 2.45) is 0 Å². The molecule has 0 unspecified atom stereocenters. The van der Waals surface area contributed by atoms with Crippen LogP contribution in [0.1, 0.15) is 26.3 Å². The Hall–Kier alpha value is -2.33. The van der Waals surface area contributed by atoms with Gasteiger partial charge in [0.05, 0.1) is 22.7 Å². The second-order valence-corrected chi connectivity index (χ2v) is 4.93. The highest BCUT2D eigenvalue weighted by Gasteiger charge is 2.34. The van der Waals surface area contributed by atoms with Gasteiger partial charge in [-0.05, 0) is 29.8 Å². The van der Waals surface area contributed by atoms with Gasteiger partial charge in [-0.25, -0.2) is 0 Å². The molecule has 0 radical (unpaired) electrons. The van der Waals surface area contributed by atoms with Crippen LogP contribution in [0.2, 0.25) is 5.02 Å². The van der Waals surface area contributed by atoms with Crippen molar-refractivity contribution < 1.29 is 14.7 Å². The van der Waals surface area contributed by atoms with E-state index in [2.05, 4.69) is 0 Å². The number of phenolic OH excluding ortho intramolecular Hbond substituents is 1. The van der Waals surface area contributed by atoms with E-state index in [1.807, 2.05) is 0 Å². The minimum absolute atomic E-state index is 0.0298. The summed E-state index contributed by atoms with van der Waals surface area (Å²) < 4.78 is 0. The van der Waals surface area contributed by atoms with Crippen LogP contribution in [0, 0.1) is 0 Å². The second-order valence-electron chi connectivity index (χ2n) is 4.53. The van der Waals surface area contributed by atoms with Crippen molar-refractivity contribution in [2.75, 3.05) is 0 Å². The molecule has 0 saturated carbocycles. The van der Waals surface area contributed by atoms with Crippen LogP contribution in [-0.4, -0.2) is 21.8 Å². The first-order valence-electron chi connectivity index (χ1n) is 6.00. The van der Waals surface area contributed by atoms with Crippen LogP contribution in [-0.2, 0) is 6.54 Å². The molecular weight excluding hydrogens is 278 g/mol. The molecule has 0 aromatic heterocycles. The highest BCUT2D eigenvalue weighted by atomic mass is 35.5. The Labute approximate surface area is 120 Å². The van der Waals surface area contributed by atoms with Gasteiger partial charge in [-0.3, -0.25) is 14.5 Å². The zero-order chi connectivity index (χ0) is 14.3. The summed E-state index contributed by atoms with van der Waals surface area (Å²) in [5.41, 5.74) is 1.52. The van der Waals surface area contributed by atoms with Crippen molar-refractivity contribution >= 4 is 23.4 Å². The molecule has 0 atom stereocenters. The predicted molar refractivity (Wildman–Crippen MR) is 73.8 cm³/mol. The molecule has 1 heterocycles. The molecular formula is C15H10ClNO3. The van der Waals surface area contributed by atoms with Crippen LogP contribution in [0.3, 0.4) is 0 Å². The lowest BCUT2D eigenvalue weighted by Gasteiger charge is -2.14. The third-order valence-electron chi connectivity index (χ3n) is 3.23. The van der Waals surface area contributed by atoms with Gasteiger partial charge in [0, 0.05) is 0 Å². The fourth-order valence-electron chi connectivity index (χ4n) is 2.21. The van der Waals surface area contributed by atoms with Crippen LogP contribution in [0.4, 0.5) is 0 Å². The van der Waals surface area contributed by atoms with Gasteiger partial charge in [0.2, 0.25) is 0 Å². The van der Waals surface area contributed by atoms with E-state index in [1.54, 1.807) is 36.4 Å². The molecule has 1 aliphatic rings. The average molecular weight is 288 g/mol. The molecule has 0 bridgehead atoms. The first kappa shape index (κ1) is 12.7. The van der Waals surface area contributed by atoms with E-state index < -0.39 is 0 Å². The van der Waals surface area contributed by atoms with Gasteiger partial charge >= 0.3 is 0 Å². The number of imide groups is 1. The molecule has 1 N–H and O–H groups in total. The van der Waals surface area contributed by atoms with E-state index in [4.69, 9.17) is 11.6 Å². The third kappa shape index (κ3) is 1.94. The number of carbonyl (C=O) groups is 2. The molecule has 2 aromatic carbocycles. The van der Waals surface area contributed by atoms with E-state index in [1.165, 1.54) is 11.0 Å². The van der Waals surface area contributed by atoms with Gasteiger partial charge in [0.25, 0.3) is 11.8 Å². The summed E-state index contributed by atoms with van der Waals surface area (Å²) in [6.07, 6.45) is 0. The van der Waals surface area contributed by atoms with E-state index in [0.717, 1.165) is 0 Å². The number of fused-ring (bicyclic) bond motifs is 1. The maximum atomic E-state index is 12.2. The Kier molecular flexibility index (Phi) is 2.95. The van der Waals surface area contributed by atoms with Crippen molar-refractivity contribution in [1.82, 2.24) is 4.90 Å². The third-order valence-corrected chi connectivity index (χ3v) is 3.53. The molecule has 0 saturated heterocycles. The minimum atomic E-state index is -0.310. The van der Waals surface area contributed by atoms with Gasteiger partial charge in [0.15, 0.2) is 0 Å². The molecule has 0 fully saturated rings. The van der Waals surface area contributed by atoms with Crippen LogP contribution in [0.25, 0.3) is 0 Å². The van der Waals surface area contributed by atoms with Crippen molar-refractivity contribution in [2.45, 2.75) is 6.54 Å². The lowest BCUT2D eigenvalue weighted by Crippen LogP contribution is -2.29. The first-order chi connectivity index (χ1) is 9.58. The van der Waals surface area contributed by atoms with Crippen molar-refractivity contribution in [3.63, 3.8) is 0 Å². The van der Waals surface area contributed by atoms with Gasteiger partial charge in [-0.1, -0.05) is 29.8 Å². The highest BCUT2D eigenvalue weighted by Crippen LogP contribution is 2.27. The number of carbonyl (C=O) groups excluding carboxylic acids is 2. The van der Waals surface area contributed by atoms with E-state index in [-0.39, 0.29) is 29.1 Å². The second kappa shape index (κ2) is 4.65. The quantitative estimate of drug-likeness (QED) is 0.864. The largest absolute Gasteiger partial charge is 0.506 e. The number of phenols is 1. The number of amides is 2. The molecule has 4 nitrogen and oxygen atoms in total. The van der Waals surface area contributed by atoms with E-state index in [9.17, 15) is 14.7 Å². The number of hydrogen-bond donors (Lipinski definition) is 1. The summed E-state index contributed by atoms with van der Waals surface area (Å²) in [5.74, 6) is -0.651. The summed E-state index contributed by atoms with van der Waals surface area (Å²) in [5, 5.41) is 9.56. The molecule has 5 heteroatoms. The molecule has 100 valence electrons. The van der Waals surface area contributed by atoms with E-state index in [0.29, 0.717) is 16.7 Å². The zero-order valence-corrected chi connectivity index (χ0v) is 11.1. The van der Waals surface area contributed by atoms with Crippen LogP contribution >= 0.6 is 11.6 Å². The number of halogens is 1. The topological polar surface area (TPSA) is 57.6 Å². The van der Waals surface area contributed by atoms with Gasteiger partial charge in [-0.2, -0.15) is 0 Å². The van der Waals surface area contributed by atoms with Crippen molar-refractivity contribution in [3.8, 4) is 5.75 Å². The van der Waals surface area contributed by atoms with Crippen molar-refractivity contribution in [3.05, 3.63) is 64.2 Å². The number of hydrogen-bond acceptors (Lipinski definition) is 3. The summed E-state index contributed by atoms with van der Waals surface area (Å²) in [4.78, 5) is 25.5. The Morgan fingerprint density at radius 2 is 1.60 bits per heavy atom. The SMILES string of the molecule is O=C1c2ccccc2C(=O)N1Cc1ccc(O)c(Cl)c1. The molecule has 2 aromatic rings. The molecule has 20 heavy (non-hydrogen) atoms. The molecule has 3 rings (SSSR count). The lowest BCUT2D eigenvalue weighted by atomic mass is 10.1. The number of benzene rings is 2. The van der Waals surface area contributed by atoms with Gasteiger partial charge in [-0.15, -0.1) is 0 Å². The lowest BCUT2D eigenvalue weighted by molar-refractivity contribution is 0.0642. The Balaban J connectivity index is 1.91. The standard InChI is InChI=1S/C15H10ClNO3/c16-12-7-9(5-6-13(12)18)8-17-14(19)10-3-1-2-4-11(10)15(17)20/h1-7,18H,8H2. The molecule has 1 aliphatic heterocycles.